The van der Waals surface area contributed by atoms with Crippen LogP contribution in [0.25, 0.3) is 11.4 Å². The fraction of sp³-hybridized carbons (Fsp3) is 0.211. The van der Waals surface area contributed by atoms with E-state index in [4.69, 9.17) is 5.73 Å². The summed E-state index contributed by atoms with van der Waals surface area (Å²) in [6.07, 6.45) is 1.95. The lowest BCUT2D eigenvalue weighted by Gasteiger charge is -2.17. The molecule has 3 rings (SSSR count). The topological polar surface area (TPSA) is 85.8 Å². The van der Waals surface area contributed by atoms with Gasteiger partial charge in [-0.15, -0.1) is 0 Å². The molecule has 1 aromatic heterocycles. The zero-order chi connectivity index (χ0) is 18.5. The first-order valence-corrected chi connectivity index (χ1v) is 8.26. The lowest BCUT2D eigenvalue weighted by molar-refractivity contribution is 0.0938. The minimum Gasteiger partial charge on any atom is -0.348 e. The van der Waals surface area contributed by atoms with Crippen LogP contribution in [-0.4, -0.2) is 33.3 Å². The Balaban J connectivity index is 1.67. The fourth-order valence-electron chi connectivity index (χ4n) is 2.74. The Morgan fingerprint density at radius 1 is 1.27 bits per heavy atom. The van der Waals surface area contributed by atoms with Crippen molar-refractivity contribution in [2.24, 2.45) is 12.8 Å². The van der Waals surface area contributed by atoms with Crippen LogP contribution in [0.1, 0.15) is 15.9 Å². The van der Waals surface area contributed by atoms with E-state index in [0.717, 1.165) is 17.0 Å². The zero-order valence-electron chi connectivity index (χ0n) is 14.4. The predicted molar refractivity (Wildman–Crippen MR) is 96.9 cm³/mol. The number of carbonyl (C=O) groups is 1. The van der Waals surface area contributed by atoms with E-state index < -0.39 is 0 Å². The van der Waals surface area contributed by atoms with E-state index in [2.05, 4.69) is 15.4 Å². The number of nitrogens with two attached hydrogens (primary N) is 1. The van der Waals surface area contributed by atoms with Crippen LogP contribution in [0.2, 0.25) is 0 Å². The molecule has 1 amide bonds. The average Bonchev–Trinajstić information content (AvgIpc) is 3.07. The van der Waals surface area contributed by atoms with E-state index in [-0.39, 0.29) is 24.3 Å². The number of aromatic nitrogens is 3. The van der Waals surface area contributed by atoms with Gasteiger partial charge in [0, 0.05) is 30.8 Å². The largest absolute Gasteiger partial charge is 0.348 e. The highest BCUT2D eigenvalue weighted by molar-refractivity contribution is 5.94. The minimum atomic E-state index is -0.302. The van der Waals surface area contributed by atoms with Crippen molar-refractivity contribution in [2.75, 3.05) is 6.54 Å². The summed E-state index contributed by atoms with van der Waals surface area (Å²) in [4.78, 5) is 16.6. The van der Waals surface area contributed by atoms with Crippen molar-refractivity contribution in [1.82, 2.24) is 20.1 Å². The van der Waals surface area contributed by atoms with Gasteiger partial charge in [-0.3, -0.25) is 4.79 Å². The third-order valence-corrected chi connectivity index (χ3v) is 4.11. The Labute approximate surface area is 150 Å². The van der Waals surface area contributed by atoms with Crippen molar-refractivity contribution in [2.45, 2.75) is 12.5 Å². The monoisotopic (exact) mass is 353 g/mol. The fourth-order valence-corrected chi connectivity index (χ4v) is 2.74. The van der Waals surface area contributed by atoms with E-state index in [1.165, 1.54) is 18.5 Å². The van der Waals surface area contributed by atoms with E-state index in [9.17, 15) is 9.18 Å². The summed E-state index contributed by atoms with van der Waals surface area (Å²) in [6, 6.07) is 13.1. The van der Waals surface area contributed by atoms with Gasteiger partial charge in [-0.25, -0.2) is 14.1 Å². The smallest absolute Gasteiger partial charge is 0.251 e. The van der Waals surface area contributed by atoms with E-state index in [1.54, 1.807) is 29.9 Å². The van der Waals surface area contributed by atoms with Gasteiger partial charge in [0.1, 0.15) is 12.1 Å². The standard InChI is InChI=1S/C19H20FN5O/c1-25-18(22-12-23-25)14-5-7-15(8-6-14)19(26)24-17(11-21)10-13-3-2-4-16(20)9-13/h2-9,12,17H,10-11,21H2,1H3,(H,24,26). The van der Waals surface area contributed by atoms with Gasteiger partial charge in [0.2, 0.25) is 0 Å². The Bertz CT molecular complexity index is 891. The van der Waals surface area contributed by atoms with Gasteiger partial charge in [-0.1, -0.05) is 24.3 Å². The normalized spacial score (nSPS) is 12.0. The molecule has 0 aliphatic heterocycles. The average molecular weight is 353 g/mol. The van der Waals surface area contributed by atoms with Crippen LogP contribution in [0.15, 0.2) is 54.9 Å². The number of nitrogens with one attached hydrogen (secondary N) is 1. The lowest BCUT2D eigenvalue weighted by atomic mass is 10.0. The van der Waals surface area contributed by atoms with Crippen LogP contribution in [0.5, 0.6) is 0 Å². The number of amides is 1. The Morgan fingerprint density at radius 2 is 2.04 bits per heavy atom. The first-order chi connectivity index (χ1) is 12.6. The highest BCUT2D eigenvalue weighted by Gasteiger charge is 2.14. The molecule has 0 radical (unpaired) electrons. The minimum absolute atomic E-state index is 0.221. The van der Waals surface area contributed by atoms with Crippen LogP contribution in [0.4, 0.5) is 4.39 Å². The molecule has 1 heterocycles. The number of aryl methyl sites for hydroxylation is 1. The molecule has 3 aromatic rings. The van der Waals surface area contributed by atoms with Gasteiger partial charge in [-0.05, 0) is 36.2 Å². The second kappa shape index (κ2) is 7.88. The van der Waals surface area contributed by atoms with Crippen LogP contribution in [-0.2, 0) is 13.5 Å². The number of nitrogens with zero attached hydrogens (tertiary/aromatic N) is 3. The van der Waals surface area contributed by atoms with E-state index in [1.807, 2.05) is 18.2 Å². The molecule has 7 heteroatoms. The van der Waals surface area contributed by atoms with Crippen molar-refractivity contribution in [1.29, 1.82) is 0 Å². The summed E-state index contributed by atoms with van der Waals surface area (Å²) in [5, 5.41) is 6.93. The maximum Gasteiger partial charge on any atom is 0.251 e. The summed E-state index contributed by atoms with van der Waals surface area (Å²) < 4.78 is 15.0. The second-order valence-corrected chi connectivity index (χ2v) is 6.02. The molecule has 0 spiro atoms. The number of carbonyl (C=O) groups excluding carboxylic acids is 1. The zero-order valence-corrected chi connectivity index (χ0v) is 14.4. The molecular formula is C19H20FN5O. The molecule has 2 aromatic carbocycles. The summed E-state index contributed by atoms with van der Waals surface area (Å²) in [5.74, 6) is 0.202. The Kier molecular flexibility index (Phi) is 5.38. The molecule has 6 nitrogen and oxygen atoms in total. The SMILES string of the molecule is Cn1ncnc1-c1ccc(C(=O)NC(CN)Cc2cccc(F)c2)cc1. The molecule has 0 aliphatic rings. The van der Waals surface area contributed by atoms with Gasteiger partial charge in [0.15, 0.2) is 5.82 Å². The first-order valence-electron chi connectivity index (χ1n) is 8.26. The molecule has 26 heavy (non-hydrogen) atoms. The highest BCUT2D eigenvalue weighted by Crippen LogP contribution is 2.16. The summed E-state index contributed by atoms with van der Waals surface area (Å²) in [7, 11) is 1.81. The number of halogens is 1. The van der Waals surface area contributed by atoms with Crippen LogP contribution in [0, 0.1) is 5.82 Å². The van der Waals surface area contributed by atoms with Crippen molar-refractivity contribution in [3.8, 4) is 11.4 Å². The molecule has 0 saturated carbocycles. The predicted octanol–water partition coefficient (Wildman–Crippen LogP) is 1.92. The molecule has 134 valence electrons. The summed E-state index contributed by atoms with van der Waals surface area (Å²) in [5.41, 5.74) is 7.95. The molecular weight excluding hydrogens is 333 g/mol. The Hall–Kier alpha value is -3.06. The number of benzene rings is 2. The maximum absolute atomic E-state index is 13.3. The molecule has 3 N–H and O–H groups in total. The van der Waals surface area contributed by atoms with Gasteiger partial charge < -0.3 is 11.1 Å². The van der Waals surface area contributed by atoms with Gasteiger partial charge in [0.25, 0.3) is 5.91 Å². The van der Waals surface area contributed by atoms with E-state index in [0.29, 0.717) is 12.0 Å². The first kappa shape index (κ1) is 17.8. The molecule has 0 fully saturated rings. The molecule has 1 atom stereocenters. The van der Waals surface area contributed by atoms with Crippen molar-refractivity contribution >= 4 is 5.91 Å². The summed E-state index contributed by atoms with van der Waals surface area (Å²) >= 11 is 0. The highest BCUT2D eigenvalue weighted by atomic mass is 19.1. The van der Waals surface area contributed by atoms with Crippen molar-refractivity contribution in [3.05, 3.63) is 71.8 Å². The number of rotatable bonds is 6. The quantitative estimate of drug-likeness (QED) is 0.709. The maximum atomic E-state index is 13.3. The molecule has 0 bridgehead atoms. The van der Waals surface area contributed by atoms with Crippen molar-refractivity contribution in [3.63, 3.8) is 0 Å². The number of hydrogen-bond acceptors (Lipinski definition) is 4. The van der Waals surface area contributed by atoms with Gasteiger partial charge in [-0.2, -0.15) is 5.10 Å². The molecule has 0 aliphatic carbocycles. The van der Waals surface area contributed by atoms with Crippen LogP contribution < -0.4 is 11.1 Å². The lowest BCUT2D eigenvalue weighted by Crippen LogP contribution is -2.41. The Morgan fingerprint density at radius 3 is 2.65 bits per heavy atom. The number of hydrogen-bond donors (Lipinski definition) is 2. The van der Waals surface area contributed by atoms with E-state index >= 15 is 0 Å². The van der Waals surface area contributed by atoms with Gasteiger partial charge >= 0.3 is 0 Å². The van der Waals surface area contributed by atoms with Crippen molar-refractivity contribution < 1.29 is 9.18 Å². The van der Waals surface area contributed by atoms with Crippen LogP contribution >= 0.6 is 0 Å². The second-order valence-electron chi connectivity index (χ2n) is 6.02. The van der Waals surface area contributed by atoms with Crippen LogP contribution in [0.3, 0.4) is 0 Å². The third-order valence-electron chi connectivity index (χ3n) is 4.11. The van der Waals surface area contributed by atoms with Gasteiger partial charge in [0.05, 0.1) is 0 Å². The molecule has 1 unspecified atom stereocenters. The third kappa shape index (κ3) is 4.12. The summed E-state index contributed by atoms with van der Waals surface area (Å²) in [6.45, 7) is 0.263. The molecule has 0 saturated heterocycles.